The number of anilines is 1. The van der Waals surface area contributed by atoms with Gasteiger partial charge in [-0.25, -0.2) is 0 Å². The number of para-hydroxylation sites is 1. The first-order valence-electron chi connectivity index (χ1n) is 9.38. The Hall–Kier alpha value is -2.82. The van der Waals surface area contributed by atoms with Crippen LogP contribution in [0, 0.1) is 0 Å². The van der Waals surface area contributed by atoms with E-state index in [2.05, 4.69) is 19.2 Å². The summed E-state index contributed by atoms with van der Waals surface area (Å²) in [6.07, 6.45) is 3.26. The molecule has 3 rings (SSSR count). The maximum Gasteiger partial charge on any atom is 0.259 e. The third-order valence-corrected chi connectivity index (χ3v) is 5.17. The number of amides is 2. The van der Waals surface area contributed by atoms with Crippen LogP contribution in [0.2, 0.25) is 0 Å². The first-order chi connectivity index (χ1) is 13.0. The van der Waals surface area contributed by atoms with Crippen molar-refractivity contribution in [2.45, 2.75) is 45.2 Å². The van der Waals surface area contributed by atoms with E-state index in [1.165, 1.54) is 13.5 Å². The molecule has 5 heteroatoms. The first-order valence-corrected chi connectivity index (χ1v) is 9.38. The van der Waals surface area contributed by atoms with Gasteiger partial charge in [0.2, 0.25) is 0 Å². The number of hydrogen-bond donors (Lipinski definition) is 1. The largest absolute Gasteiger partial charge is 0.496 e. The number of hydrogen-bond acceptors (Lipinski definition) is 3. The highest BCUT2D eigenvalue weighted by atomic mass is 16.5. The summed E-state index contributed by atoms with van der Waals surface area (Å²) < 4.78 is 5.23. The minimum Gasteiger partial charge on any atom is -0.496 e. The number of carbonyl (C=O) groups is 2. The maximum atomic E-state index is 12.9. The lowest BCUT2D eigenvalue weighted by Crippen LogP contribution is -2.47. The van der Waals surface area contributed by atoms with Crippen molar-refractivity contribution in [1.29, 1.82) is 0 Å². The van der Waals surface area contributed by atoms with Gasteiger partial charge in [0.1, 0.15) is 5.75 Å². The molecule has 2 aromatic rings. The molecular weight excluding hydrogens is 340 g/mol. The Balaban J connectivity index is 1.72. The van der Waals surface area contributed by atoms with Crippen LogP contribution in [-0.2, 0) is 0 Å². The minimum atomic E-state index is -0.246. The highest BCUT2D eigenvalue weighted by molar-refractivity contribution is 6.06. The van der Waals surface area contributed by atoms with Crippen molar-refractivity contribution in [2.75, 3.05) is 12.4 Å². The Labute approximate surface area is 160 Å². The van der Waals surface area contributed by atoms with Crippen LogP contribution in [0.1, 0.15) is 53.8 Å². The summed E-state index contributed by atoms with van der Waals surface area (Å²) >= 11 is 0. The highest BCUT2D eigenvalue weighted by Crippen LogP contribution is 2.25. The summed E-state index contributed by atoms with van der Waals surface area (Å²) in [4.78, 5) is 27.3. The molecule has 0 spiro atoms. The molecule has 2 aromatic carbocycles. The number of rotatable bonds is 4. The van der Waals surface area contributed by atoms with E-state index >= 15 is 0 Å². The zero-order valence-corrected chi connectivity index (χ0v) is 16.1. The van der Waals surface area contributed by atoms with Crippen LogP contribution >= 0.6 is 0 Å². The molecule has 0 bridgehead atoms. The van der Waals surface area contributed by atoms with Crippen molar-refractivity contribution < 1.29 is 14.3 Å². The topological polar surface area (TPSA) is 58.6 Å². The SMILES string of the molecule is COc1ccccc1C(=O)Nc1ccc(C(=O)N2[C@H](C)CCC[C@@H]2C)cc1. The third kappa shape index (κ3) is 4.13. The predicted molar refractivity (Wildman–Crippen MR) is 106 cm³/mol. The quantitative estimate of drug-likeness (QED) is 0.875. The van der Waals surface area contributed by atoms with E-state index in [0.29, 0.717) is 22.6 Å². The number of benzene rings is 2. The van der Waals surface area contributed by atoms with Gasteiger partial charge >= 0.3 is 0 Å². The van der Waals surface area contributed by atoms with Gasteiger partial charge in [-0.05, 0) is 69.5 Å². The summed E-state index contributed by atoms with van der Waals surface area (Å²) in [6, 6.07) is 14.7. The minimum absolute atomic E-state index is 0.0531. The zero-order chi connectivity index (χ0) is 19.4. The summed E-state index contributed by atoms with van der Waals surface area (Å²) in [5.41, 5.74) is 1.75. The zero-order valence-electron chi connectivity index (χ0n) is 16.1. The Kier molecular flexibility index (Phi) is 5.79. The van der Waals surface area contributed by atoms with Gasteiger partial charge < -0.3 is 15.0 Å². The second-order valence-corrected chi connectivity index (χ2v) is 7.07. The van der Waals surface area contributed by atoms with Crippen LogP contribution in [0.15, 0.2) is 48.5 Å². The van der Waals surface area contributed by atoms with Gasteiger partial charge in [0.05, 0.1) is 12.7 Å². The van der Waals surface area contributed by atoms with Gasteiger partial charge in [0.15, 0.2) is 0 Å². The van der Waals surface area contributed by atoms with Gasteiger partial charge in [-0.3, -0.25) is 9.59 Å². The van der Waals surface area contributed by atoms with Gasteiger partial charge in [0, 0.05) is 23.3 Å². The van der Waals surface area contributed by atoms with Crippen LogP contribution in [0.5, 0.6) is 5.75 Å². The second kappa shape index (κ2) is 8.25. The number of nitrogens with one attached hydrogen (secondary N) is 1. The van der Waals surface area contributed by atoms with E-state index in [9.17, 15) is 9.59 Å². The van der Waals surface area contributed by atoms with Crippen LogP contribution in [0.3, 0.4) is 0 Å². The lowest BCUT2D eigenvalue weighted by atomic mass is 9.96. The summed E-state index contributed by atoms with van der Waals surface area (Å²) in [6.45, 7) is 4.21. The molecule has 0 aliphatic carbocycles. The molecular formula is C22H26N2O3. The lowest BCUT2D eigenvalue weighted by Gasteiger charge is -2.39. The number of piperidine rings is 1. The Morgan fingerprint density at radius 2 is 1.63 bits per heavy atom. The molecule has 1 saturated heterocycles. The predicted octanol–water partition coefficient (Wildman–Crippen LogP) is 4.35. The van der Waals surface area contributed by atoms with Crippen molar-refractivity contribution in [3.8, 4) is 5.75 Å². The molecule has 1 fully saturated rings. The van der Waals surface area contributed by atoms with Crippen LogP contribution in [0.25, 0.3) is 0 Å². The number of nitrogens with zero attached hydrogens (tertiary/aromatic N) is 1. The van der Waals surface area contributed by atoms with E-state index in [0.717, 1.165) is 12.8 Å². The van der Waals surface area contributed by atoms with E-state index in [1.807, 2.05) is 11.0 Å². The maximum absolute atomic E-state index is 12.9. The van der Waals surface area contributed by atoms with Crippen molar-refractivity contribution in [2.24, 2.45) is 0 Å². The van der Waals surface area contributed by atoms with Crippen molar-refractivity contribution >= 4 is 17.5 Å². The molecule has 0 radical (unpaired) electrons. The van der Waals surface area contributed by atoms with Crippen molar-refractivity contribution in [3.63, 3.8) is 0 Å². The molecule has 2 atom stereocenters. The van der Waals surface area contributed by atoms with E-state index in [4.69, 9.17) is 4.74 Å². The Bertz CT molecular complexity index is 807. The normalized spacial score (nSPS) is 19.4. The number of likely N-dealkylation sites (tertiary alicyclic amines) is 1. The summed E-state index contributed by atoms with van der Waals surface area (Å²) in [5, 5.41) is 2.85. The fraction of sp³-hybridized carbons (Fsp3) is 0.364. The number of carbonyl (C=O) groups excluding carboxylic acids is 2. The molecule has 2 amide bonds. The highest BCUT2D eigenvalue weighted by Gasteiger charge is 2.29. The second-order valence-electron chi connectivity index (χ2n) is 7.07. The fourth-order valence-corrected chi connectivity index (χ4v) is 3.70. The molecule has 0 unspecified atom stereocenters. The average Bonchev–Trinajstić information content (AvgIpc) is 2.68. The first kappa shape index (κ1) is 19.0. The van der Waals surface area contributed by atoms with E-state index in [1.54, 1.807) is 42.5 Å². The number of ether oxygens (including phenoxy) is 1. The van der Waals surface area contributed by atoms with Gasteiger partial charge in [0.25, 0.3) is 11.8 Å². The average molecular weight is 366 g/mol. The van der Waals surface area contributed by atoms with Gasteiger partial charge in [-0.1, -0.05) is 12.1 Å². The fourth-order valence-electron chi connectivity index (χ4n) is 3.70. The van der Waals surface area contributed by atoms with Crippen molar-refractivity contribution in [1.82, 2.24) is 4.90 Å². The third-order valence-electron chi connectivity index (χ3n) is 5.17. The smallest absolute Gasteiger partial charge is 0.259 e. The Morgan fingerprint density at radius 3 is 2.26 bits per heavy atom. The van der Waals surface area contributed by atoms with Gasteiger partial charge in [-0.15, -0.1) is 0 Å². The molecule has 0 aromatic heterocycles. The van der Waals surface area contributed by atoms with E-state index < -0.39 is 0 Å². The van der Waals surface area contributed by atoms with Crippen LogP contribution in [0.4, 0.5) is 5.69 Å². The lowest BCUT2D eigenvalue weighted by molar-refractivity contribution is 0.0510. The summed E-state index contributed by atoms with van der Waals surface area (Å²) in [5.74, 6) is 0.331. The molecule has 1 aliphatic rings. The monoisotopic (exact) mass is 366 g/mol. The standard InChI is InChI=1S/C22H26N2O3/c1-15-7-6-8-16(2)24(15)22(26)17-11-13-18(14-12-17)23-21(25)19-9-4-5-10-20(19)27-3/h4-5,9-16H,6-8H2,1-3H3,(H,23,25)/t15-,16+. The Morgan fingerprint density at radius 1 is 1.00 bits per heavy atom. The van der Waals surface area contributed by atoms with E-state index in [-0.39, 0.29) is 23.9 Å². The van der Waals surface area contributed by atoms with Crippen LogP contribution < -0.4 is 10.1 Å². The van der Waals surface area contributed by atoms with Gasteiger partial charge in [-0.2, -0.15) is 0 Å². The molecule has 5 nitrogen and oxygen atoms in total. The molecule has 142 valence electrons. The summed E-state index contributed by atoms with van der Waals surface area (Å²) in [7, 11) is 1.54. The molecule has 1 heterocycles. The molecule has 1 aliphatic heterocycles. The number of methoxy groups -OCH3 is 1. The van der Waals surface area contributed by atoms with Crippen LogP contribution in [-0.4, -0.2) is 35.9 Å². The molecule has 1 N–H and O–H groups in total. The van der Waals surface area contributed by atoms with Crippen molar-refractivity contribution in [3.05, 3.63) is 59.7 Å². The molecule has 27 heavy (non-hydrogen) atoms. The molecule has 0 saturated carbocycles.